The molecule has 5 atom stereocenters. The molecular formula is C55H48N4O7Si. The molecule has 7 aromatic rings. The minimum absolute atomic E-state index is 0.0995. The summed E-state index contributed by atoms with van der Waals surface area (Å²) < 4.78 is 7.24. The normalized spacial score (nSPS) is 22.8. The van der Waals surface area contributed by atoms with Gasteiger partial charge in [0.2, 0.25) is 5.91 Å². The molecule has 12 rings (SSSR count). The van der Waals surface area contributed by atoms with Crippen LogP contribution in [0.2, 0.25) is 18.6 Å². The first kappa shape index (κ1) is 41.5. The molecule has 4 amide bonds. The minimum atomic E-state index is -3.21. The Bertz CT molecular complexity index is 3280. The van der Waals surface area contributed by atoms with Crippen molar-refractivity contribution in [2.24, 2.45) is 5.92 Å². The van der Waals surface area contributed by atoms with E-state index in [1.54, 1.807) is 19.6 Å². The van der Waals surface area contributed by atoms with E-state index >= 15 is 4.79 Å². The van der Waals surface area contributed by atoms with Crippen LogP contribution in [0, 0.1) is 5.92 Å². The molecule has 0 aliphatic carbocycles. The molecule has 7 aromatic carbocycles. The van der Waals surface area contributed by atoms with Gasteiger partial charge >= 0.3 is 0 Å². The van der Waals surface area contributed by atoms with Crippen LogP contribution < -0.4 is 14.7 Å². The number of aliphatic hydroxyl groups is 1. The zero-order valence-electron chi connectivity index (χ0n) is 37.3. The third kappa shape index (κ3) is 6.06. The zero-order valence-corrected chi connectivity index (χ0v) is 38.3. The molecule has 0 bridgehead atoms. The fourth-order valence-corrected chi connectivity index (χ4v) is 14.8. The van der Waals surface area contributed by atoms with Crippen molar-refractivity contribution < 1.29 is 33.8 Å². The smallest absolute Gasteiger partial charge is 0.264 e. The fraction of sp³-hybridized carbons (Fsp3) is 0.236. The standard InChI is InChI=1S/C55H48N4O7Si/c1-32-51(67(2,3)65)47(28-48(61)56-30-37-13-5-4-12-36(37)26-40(56)31-60)66-55(32)43-27-39(59-46-22-10-17-35-15-8-20-42(50(35)46)53(59)63)23-24-44(43)57(54(55)64)29-33-11-6-18-38(25-33)58-45-21-9-16-34-14-7-19-41(49(34)45)52(58)62/h4-25,27,32,40,47,51,60,65H,26,28-31H2,1-3H3/t32-,40-,47+,51-,55+/m0/s1. The summed E-state index contributed by atoms with van der Waals surface area (Å²) in [6, 6.07) is 44.0. The van der Waals surface area contributed by atoms with Crippen LogP contribution in [0.15, 0.2) is 140 Å². The summed E-state index contributed by atoms with van der Waals surface area (Å²) in [5.41, 5.74) is 5.86. The lowest BCUT2D eigenvalue weighted by molar-refractivity contribution is -0.151. The highest BCUT2D eigenvalue weighted by atomic mass is 28.4. The highest BCUT2D eigenvalue weighted by molar-refractivity contribution is 6.71. The van der Waals surface area contributed by atoms with Crippen LogP contribution >= 0.6 is 0 Å². The minimum Gasteiger partial charge on any atom is -0.432 e. The molecule has 0 saturated carbocycles. The average Bonchev–Trinajstić information content (AvgIpc) is 3.98. The van der Waals surface area contributed by atoms with E-state index in [9.17, 15) is 24.3 Å². The number of nitrogens with zero attached hydrogens (tertiary/aromatic N) is 4. The average molecular weight is 905 g/mol. The van der Waals surface area contributed by atoms with E-state index in [-0.39, 0.29) is 43.2 Å². The van der Waals surface area contributed by atoms with E-state index in [1.807, 2.05) is 160 Å². The highest BCUT2D eigenvalue weighted by Crippen LogP contribution is 2.61. The van der Waals surface area contributed by atoms with Crippen LogP contribution in [0.3, 0.4) is 0 Å². The largest absolute Gasteiger partial charge is 0.432 e. The maximum atomic E-state index is 15.8. The number of carbonyl (C=O) groups excluding carboxylic acids is 4. The van der Waals surface area contributed by atoms with Crippen molar-refractivity contribution in [1.82, 2.24) is 4.90 Å². The topological polar surface area (TPSA) is 131 Å². The van der Waals surface area contributed by atoms with E-state index in [4.69, 9.17) is 4.74 Å². The maximum Gasteiger partial charge on any atom is 0.264 e. The zero-order chi connectivity index (χ0) is 46.1. The molecule has 1 spiro atoms. The second-order valence-corrected chi connectivity index (χ2v) is 23.3. The van der Waals surface area contributed by atoms with Crippen LogP contribution in [0.25, 0.3) is 21.5 Å². The van der Waals surface area contributed by atoms with Gasteiger partial charge in [0.1, 0.15) is 0 Å². The summed E-state index contributed by atoms with van der Waals surface area (Å²) in [5.74, 6) is -1.45. The first-order valence-electron chi connectivity index (χ1n) is 23.0. The Hall–Kier alpha value is -6.96. The lowest BCUT2D eigenvalue weighted by atomic mass is 9.82. The number of rotatable bonds is 8. The summed E-state index contributed by atoms with van der Waals surface area (Å²) in [7, 11) is -3.21. The van der Waals surface area contributed by atoms with Gasteiger partial charge in [-0.25, -0.2) is 0 Å². The first-order chi connectivity index (χ1) is 32.4. The van der Waals surface area contributed by atoms with Crippen molar-refractivity contribution in [2.45, 2.75) is 69.2 Å². The lowest BCUT2D eigenvalue weighted by Gasteiger charge is -2.37. The van der Waals surface area contributed by atoms with Gasteiger partial charge < -0.3 is 24.4 Å². The summed E-state index contributed by atoms with van der Waals surface area (Å²) in [5, 5.41) is 14.2. The van der Waals surface area contributed by atoms with Gasteiger partial charge in [0.05, 0.1) is 59.9 Å². The number of amides is 4. The van der Waals surface area contributed by atoms with Gasteiger partial charge in [-0.2, -0.15) is 0 Å². The molecule has 5 heterocycles. The predicted octanol–water partition coefficient (Wildman–Crippen LogP) is 9.26. The monoisotopic (exact) mass is 904 g/mol. The number of aliphatic hydroxyl groups excluding tert-OH is 1. The number of benzene rings is 7. The number of hydrogen-bond donors (Lipinski definition) is 2. The van der Waals surface area contributed by atoms with Gasteiger partial charge in [-0.1, -0.05) is 91.9 Å². The Morgan fingerprint density at radius 1 is 0.716 bits per heavy atom. The van der Waals surface area contributed by atoms with Crippen molar-refractivity contribution >= 4 is 81.9 Å². The first-order valence-corrected chi connectivity index (χ1v) is 26.0. The number of fused-ring (bicyclic) bond motifs is 3. The Balaban J connectivity index is 0.950. The fourth-order valence-electron chi connectivity index (χ4n) is 12.2. The Kier molecular flexibility index (Phi) is 9.30. The van der Waals surface area contributed by atoms with Crippen LogP contribution in [0.4, 0.5) is 28.4 Å². The van der Waals surface area contributed by atoms with Crippen molar-refractivity contribution in [2.75, 3.05) is 21.3 Å². The number of hydrogen-bond acceptors (Lipinski definition) is 7. The molecule has 0 unspecified atom stereocenters. The van der Waals surface area contributed by atoms with E-state index in [2.05, 4.69) is 0 Å². The van der Waals surface area contributed by atoms with Crippen molar-refractivity contribution in [1.29, 1.82) is 0 Å². The van der Waals surface area contributed by atoms with Crippen molar-refractivity contribution in [3.8, 4) is 0 Å². The van der Waals surface area contributed by atoms with Crippen LogP contribution in [0.5, 0.6) is 0 Å². The van der Waals surface area contributed by atoms with Gasteiger partial charge in [-0.15, -0.1) is 0 Å². The molecule has 12 heteroatoms. The lowest BCUT2D eigenvalue weighted by Crippen LogP contribution is -2.48. The molecule has 5 aliphatic rings. The Morgan fingerprint density at radius 2 is 1.31 bits per heavy atom. The van der Waals surface area contributed by atoms with E-state index in [0.29, 0.717) is 46.7 Å². The van der Waals surface area contributed by atoms with Gasteiger partial charge in [0.25, 0.3) is 17.7 Å². The van der Waals surface area contributed by atoms with Gasteiger partial charge in [-0.3, -0.25) is 29.0 Å². The highest BCUT2D eigenvalue weighted by Gasteiger charge is 2.66. The number of anilines is 5. The predicted molar refractivity (Wildman–Crippen MR) is 260 cm³/mol. The van der Waals surface area contributed by atoms with Crippen LogP contribution in [-0.2, 0) is 39.4 Å². The van der Waals surface area contributed by atoms with Crippen molar-refractivity contribution in [3.05, 3.63) is 173 Å². The second kappa shape index (κ2) is 15.0. The SMILES string of the molecule is C[C@H]1[C@H]([Si](C)(C)O)[C@@H](CC(=O)N2Cc3ccccc3C[C@H]2CO)O[C@]12C(=O)N(Cc1cccc(N3C(=O)c4cccc5cccc3c45)c1)c1ccc(N3C(=O)c4cccc5cccc3c45)cc12. The van der Waals surface area contributed by atoms with Gasteiger partial charge in [0.15, 0.2) is 13.9 Å². The Morgan fingerprint density at radius 3 is 1.94 bits per heavy atom. The quantitative estimate of drug-likeness (QED) is 0.146. The van der Waals surface area contributed by atoms with Gasteiger partial charge in [-0.05, 0) is 102 Å². The molecule has 2 N–H and O–H groups in total. The molecule has 5 aliphatic heterocycles. The summed E-state index contributed by atoms with van der Waals surface area (Å²) in [6.45, 7) is 5.87. The summed E-state index contributed by atoms with van der Waals surface area (Å²) in [6.07, 6.45) is -0.427. The molecule has 0 radical (unpaired) electrons. The Labute approximate surface area is 388 Å². The van der Waals surface area contributed by atoms with E-state index < -0.39 is 37.5 Å². The molecule has 1 saturated heterocycles. The van der Waals surface area contributed by atoms with E-state index in [0.717, 1.165) is 49.6 Å². The molecule has 334 valence electrons. The van der Waals surface area contributed by atoms with Crippen LogP contribution in [-0.4, -0.2) is 65.5 Å². The third-order valence-corrected chi connectivity index (χ3v) is 17.6. The third-order valence-electron chi connectivity index (χ3n) is 15.1. The molecule has 67 heavy (non-hydrogen) atoms. The van der Waals surface area contributed by atoms with Crippen LogP contribution in [0.1, 0.15) is 56.3 Å². The number of ether oxygens (including phenoxy) is 1. The van der Waals surface area contributed by atoms with Crippen molar-refractivity contribution in [3.63, 3.8) is 0 Å². The molecule has 11 nitrogen and oxygen atoms in total. The molecule has 0 aromatic heterocycles. The maximum absolute atomic E-state index is 15.8. The summed E-state index contributed by atoms with van der Waals surface area (Å²) >= 11 is 0. The van der Waals surface area contributed by atoms with E-state index in [1.165, 1.54) is 0 Å². The number of carbonyl (C=O) groups is 4. The molecular weight excluding hydrogens is 857 g/mol. The second-order valence-electron chi connectivity index (χ2n) is 19.3. The van der Waals surface area contributed by atoms with Gasteiger partial charge in [0, 0.05) is 45.7 Å². The summed E-state index contributed by atoms with van der Waals surface area (Å²) in [4.78, 5) is 77.8. The molecule has 1 fully saturated rings.